The molecule has 2 rings (SSSR count). The Morgan fingerprint density at radius 2 is 1.90 bits per heavy atom. The molecule has 0 unspecified atom stereocenters. The van der Waals surface area contributed by atoms with Gasteiger partial charge in [0.15, 0.2) is 5.96 Å². The van der Waals surface area contributed by atoms with E-state index < -0.39 is 0 Å². The van der Waals surface area contributed by atoms with Crippen molar-refractivity contribution < 1.29 is 14.2 Å². The molecular weight excluding hydrogens is 368 g/mol. The van der Waals surface area contributed by atoms with Gasteiger partial charge in [-0.05, 0) is 25.0 Å². The first-order valence-electron chi connectivity index (χ1n) is 10.0. The molecule has 0 saturated heterocycles. The van der Waals surface area contributed by atoms with Crippen molar-refractivity contribution in [1.29, 1.82) is 0 Å². The van der Waals surface area contributed by atoms with Crippen molar-refractivity contribution in [2.45, 2.75) is 26.5 Å². The Hall–Kier alpha value is -2.64. The minimum atomic E-state index is 0.482. The van der Waals surface area contributed by atoms with Crippen LogP contribution in [0, 0.1) is 0 Å². The molecule has 1 aromatic carbocycles. The summed E-state index contributed by atoms with van der Waals surface area (Å²) >= 11 is 0. The van der Waals surface area contributed by atoms with E-state index in [9.17, 15) is 0 Å². The van der Waals surface area contributed by atoms with Crippen LogP contribution in [0.4, 0.5) is 0 Å². The van der Waals surface area contributed by atoms with Crippen molar-refractivity contribution in [2.75, 3.05) is 40.0 Å². The number of benzene rings is 1. The van der Waals surface area contributed by atoms with E-state index in [1.165, 1.54) is 0 Å². The number of methoxy groups -OCH3 is 1. The van der Waals surface area contributed by atoms with E-state index in [2.05, 4.69) is 20.6 Å². The van der Waals surface area contributed by atoms with Crippen LogP contribution in [-0.2, 0) is 22.6 Å². The summed E-state index contributed by atoms with van der Waals surface area (Å²) in [5.41, 5.74) is 2.05. The van der Waals surface area contributed by atoms with Gasteiger partial charge in [0.25, 0.3) is 0 Å². The topological polar surface area (TPSA) is 77.0 Å². The third-order valence-corrected chi connectivity index (χ3v) is 4.01. The van der Waals surface area contributed by atoms with Gasteiger partial charge in [-0.3, -0.25) is 0 Å². The lowest BCUT2D eigenvalue weighted by atomic mass is 10.2. The largest absolute Gasteiger partial charge is 0.473 e. The van der Waals surface area contributed by atoms with Crippen molar-refractivity contribution in [3.8, 4) is 5.88 Å². The van der Waals surface area contributed by atoms with Crippen LogP contribution >= 0.6 is 0 Å². The highest BCUT2D eigenvalue weighted by Gasteiger charge is 2.06. The fourth-order valence-corrected chi connectivity index (χ4v) is 2.53. The minimum Gasteiger partial charge on any atom is -0.473 e. The molecule has 158 valence electrons. The number of guanidine groups is 1. The summed E-state index contributed by atoms with van der Waals surface area (Å²) in [4.78, 5) is 9.03. The Labute approximate surface area is 173 Å². The van der Waals surface area contributed by atoms with Crippen LogP contribution in [0.1, 0.15) is 24.5 Å². The van der Waals surface area contributed by atoms with E-state index in [0.717, 1.165) is 36.6 Å². The second-order valence-electron chi connectivity index (χ2n) is 6.32. The van der Waals surface area contributed by atoms with Crippen LogP contribution in [-0.4, -0.2) is 51.0 Å². The molecule has 29 heavy (non-hydrogen) atoms. The third kappa shape index (κ3) is 9.40. The Morgan fingerprint density at radius 1 is 1.03 bits per heavy atom. The summed E-state index contributed by atoms with van der Waals surface area (Å²) in [6.07, 6.45) is 2.63. The van der Waals surface area contributed by atoms with Gasteiger partial charge in [-0.25, -0.2) is 9.98 Å². The molecular formula is C22H32N4O3. The highest BCUT2D eigenvalue weighted by molar-refractivity contribution is 5.79. The van der Waals surface area contributed by atoms with Gasteiger partial charge >= 0.3 is 0 Å². The molecule has 0 amide bonds. The number of hydrogen-bond acceptors (Lipinski definition) is 5. The molecule has 0 saturated carbocycles. The van der Waals surface area contributed by atoms with Crippen LogP contribution in [0.2, 0.25) is 0 Å². The zero-order valence-corrected chi connectivity index (χ0v) is 17.4. The summed E-state index contributed by atoms with van der Waals surface area (Å²) in [5, 5.41) is 6.58. The summed E-state index contributed by atoms with van der Waals surface area (Å²) < 4.78 is 16.3. The predicted octanol–water partition coefficient (Wildman–Crippen LogP) is 2.77. The number of pyridine rings is 1. The number of ether oxygens (including phenoxy) is 3. The molecule has 2 aromatic rings. The van der Waals surface area contributed by atoms with Crippen LogP contribution in [0.3, 0.4) is 0 Å². The van der Waals surface area contributed by atoms with Gasteiger partial charge in [0, 0.05) is 38.6 Å². The second-order valence-corrected chi connectivity index (χ2v) is 6.32. The van der Waals surface area contributed by atoms with E-state index >= 15 is 0 Å². The van der Waals surface area contributed by atoms with Gasteiger partial charge in [-0.1, -0.05) is 36.4 Å². The van der Waals surface area contributed by atoms with Crippen molar-refractivity contribution in [1.82, 2.24) is 15.6 Å². The first kappa shape index (κ1) is 22.6. The molecule has 0 radical (unpaired) electrons. The molecule has 1 aromatic heterocycles. The molecule has 7 nitrogen and oxygen atoms in total. The molecule has 0 spiro atoms. The lowest BCUT2D eigenvalue weighted by molar-refractivity contribution is 0.0698. The lowest BCUT2D eigenvalue weighted by Crippen LogP contribution is -2.38. The number of aromatic nitrogens is 1. The fraction of sp³-hybridized carbons (Fsp3) is 0.455. The normalized spacial score (nSPS) is 11.3. The molecule has 7 heteroatoms. The second kappa shape index (κ2) is 14.4. The van der Waals surface area contributed by atoms with Gasteiger partial charge in [-0.15, -0.1) is 0 Å². The first-order chi connectivity index (χ1) is 14.3. The average molecular weight is 401 g/mol. The van der Waals surface area contributed by atoms with Gasteiger partial charge in [0.1, 0.15) is 6.61 Å². The SMILES string of the molecule is CCNC(=NCc1cccnc1OCc1ccccc1)NCCCOCCOC. The van der Waals surface area contributed by atoms with Crippen LogP contribution < -0.4 is 15.4 Å². The number of rotatable bonds is 13. The van der Waals surface area contributed by atoms with Crippen molar-refractivity contribution in [3.63, 3.8) is 0 Å². The number of nitrogens with zero attached hydrogens (tertiary/aromatic N) is 2. The van der Waals surface area contributed by atoms with Crippen LogP contribution in [0.15, 0.2) is 53.7 Å². The van der Waals surface area contributed by atoms with E-state index in [-0.39, 0.29) is 0 Å². The maximum atomic E-state index is 5.91. The monoisotopic (exact) mass is 400 g/mol. The van der Waals surface area contributed by atoms with Gasteiger partial charge < -0.3 is 24.8 Å². The van der Waals surface area contributed by atoms with Crippen LogP contribution in [0.25, 0.3) is 0 Å². The van der Waals surface area contributed by atoms with Gasteiger partial charge in [-0.2, -0.15) is 0 Å². The summed E-state index contributed by atoms with van der Waals surface area (Å²) in [7, 11) is 1.67. The summed E-state index contributed by atoms with van der Waals surface area (Å²) in [5.74, 6) is 1.38. The van der Waals surface area contributed by atoms with Crippen LogP contribution in [0.5, 0.6) is 5.88 Å². The van der Waals surface area contributed by atoms with Crippen molar-refractivity contribution in [3.05, 3.63) is 59.8 Å². The molecule has 0 aliphatic heterocycles. The van der Waals surface area contributed by atoms with E-state index in [0.29, 0.717) is 38.9 Å². The Morgan fingerprint density at radius 3 is 2.69 bits per heavy atom. The Balaban J connectivity index is 1.84. The molecule has 0 aliphatic carbocycles. The smallest absolute Gasteiger partial charge is 0.218 e. The Bertz CT molecular complexity index is 710. The zero-order chi connectivity index (χ0) is 20.6. The number of aliphatic imine (C=N–C) groups is 1. The van der Waals surface area contributed by atoms with E-state index in [4.69, 9.17) is 14.2 Å². The lowest BCUT2D eigenvalue weighted by Gasteiger charge is -2.12. The number of hydrogen-bond donors (Lipinski definition) is 2. The maximum Gasteiger partial charge on any atom is 0.218 e. The molecule has 2 N–H and O–H groups in total. The predicted molar refractivity (Wildman–Crippen MR) is 115 cm³/mol. The highest BCUT2D eigenvalue weighted by atomic mass is 16.5. The molecule has 0 fully saturated rings. The molecule has 0 aliphatic rings. The average Bonchev–Trinajstić information content (AvgIpc) is 2.76. The van der Waals surface area contributed by atoms with E-state index in [1.54, 1.807) is 13.3 Å². The van der Waals surface area contributed by atoms with E-state index in [1.807, 2.05) is 49.4 Å². The summed E-state index contributed by atoms with van der Waals surface area (Å²) in [6, 6.07) is 14.0. The number of nitrogens with one attached hydrogen (secondary N) is 2. The maximum absolute atomic E-state index is 5.91. The third-order valence-electron chi connectivity index (χ3n) is 4.01. The Kier molecular flexibility index (Phi) is 11.2. The zero-order valence-electron chi connectivity index (χ0n) is 17.4. The minimum absolute atomic E-state index is 0.482. The van der Waals surface area contributed by atoms with Gasteiger partial charge in [0.05, 0.1) is 19.8 Å². The standard InChI is InChI=1S/C22H32N4O3/c1-3-23-22(25-13-8-14-28-16-15-27-2)26-17-20-11-7-12-24-21(20)29-18-19-9-5-4-6-10-19/h4-7,9-12H,3,8,13-18H2,1-2H3,(H2,23,25,26). The first-order valence-corrected chi connectivity index (χ1v) is 10.0. The highest BCUT2D eigenvalue weighted by Crippen LogP contribution is 2.17. The van der Waals surface area contributed by atoms with Gasteiger partial charge in [0.2, 0.25) is 5.88 Å². The van der Waals surface area contributed by atoms with Crippen molar-refractivity contribution >= 4 is 5.96 Å². The quantitative estimate of drug-likeness (QED) is 0.306. The molecule has 1 heterocycles. The molecule has 0 bridgehead atoms. The molecule has 0 atom stereocenters. The summed E-state index contributed by atoms with van der Waals surface area (Å²) in [6.45, 7) is 6.52. The van der Waals surface area contributed by atoms with Crippen molar-refractivity contribution in [2.24, 2.45) is 4.99 Å². The fourth-order valence-electron chi connectivity index (χ4n) is 2.53.